The lowest BCUT2D eigenvalue weighted by atomic mass is 9.91. The molecule has 3 N–H and O–H groups in total. The van der Waals surface area contributed by atoms with E-state index in [2.05, 4.69) is 10.3 Å². The van der Waals surface area contributed by atoms with E-state index in [0.29, 0.717) is 23.9 Å². The van der Waals surface area contributed by atoms with E-state index >= 15 is 0 Å². The fraction of sp³-hybridized carbons (Fsp3) is 0.100. The van der Waals surface area contributed by atoms with E-state index in [1.165, 1.54) is 18.2 Å². The van der Waals surface area contributed by atoms with E-state index in [4.69, 9.17) is 0 Å². The van der Waals surface area contributed by atoms with E-state index in [1.807, 2.05) is 54.6 Å². The third-order valence-electron chi connectivity index (χ3n) is 6.21. The van der Waals surface area contributed by atoms with Gasteiger partial charge in [0, 0.05) is 23.8 Å². The SMILES string of the molecule is Oc1ccc(CNc2cccc(-c3c(Cc4ccccc4)cnc4c(C(F)(F)F)cccc34)c2)cc1O. The zero-order chi connectivity index (χ0) is 26.0. The van der Waals surface area contributed by atoms with Crippen molar-refractivity contribution < 1.29 is 23.4 Å². The van der Waals surface area contributed by atoms with Gasteiger partial charge in [0.05, 0.1) is 11.1 Å². The molecule has 37 heavy (non-hydrogen) atoms. The Kier molecular flexibility index (Phi) is 6.44. The molecule has 186 valence electrons. The maximum absolute atomic E-state index is 13.8. The number of para-hydroxylation sites is 1. The number of rotatable bonds is 6. The molecule has 0 saturated carbocycles. The lowest BCUT2D eigenvalue weighted by Gasteiger charge is -2.17. The van der Waals surface area contributed by atoms with Crippen LogP contribution in [0.25, 0.3) is 22.0 Å². The van der Waals surface area contributed by atoms with Crippen LogP contribution in [-0.2, 0) is 19.1 Å². The van der Waals surface area contributed by atoms with Gasteiger partial charge >= 0.3 is 6.18 Å². The molecule has 0 spiro atoms. The van der Waals surface area contributed by atoms with Gasteiger partial charge in [-0.3, -0.25) is 4.98 Å². The monoisotopic (exact) mass is 500 g/mol. The van der Waals surface area contributed by atoms with Crippen molar-refractivity contribution in [1.82, 2.24) is 4.98 Å². The number of nitrogens with one attached hydrogen (secondary N) is 1. The molecule has 1 heterocycles. The molecule has 0 fully saturated rings. The first-order valence-electron chi connectivity index (χ1n) is 11.7. The fourth-order valence-electron chi connectivity index (χ4n) is 4.45. The number of nitrogens with zero attached hydrogens (tertiary/aromatic N) is 1. The van der Waals surface area contributed by atoms with Crippen LogP contribution in [0.15, 0.2) is 97.2 Å². The first-order valence-corrected chi connectivity index (χ1v) is 11.7. The Labute approximate surface area is 211 Å². The molecule has 0 saturated heterocycles. The molecule has 0 aliphatic rings. The first-order chi connectivity index (χ1) is 17.8. The molecule has 0 bridgehead atoms. The molecule has 0 unspecified atom stereocenters. The highest BCUT2D eigenvalue weighted by molar-refractivity contribution is 5.98. The van der Waals surface area contributed by atoms with E-state index in [9.17, 15) is 23.4 Å². The highest BCUT2D eigenvalue weighted by Gasteiger charge is 2.33. The largest absolute Gasteiger partial charge is 0.504 e. The maximum Gasteiger partial charge on any atom is 0.418 e. The van der Waals surface area contributed by atoms with Crippen LogP contribution in [-0.4, -0.2) is 15.2 Å². The van der Waals surface area contributed by atoms with Gasteiger partial charge in [-0.15, -0.1) is 0 Å². The summed E-state index contributed by atoms with van der Waals surface area (Å²) in [5, 5.41) is 23.0. The second kappa shape index (κ2) is 9.85. The van der Waals surface area contributed by atoms with Crippen LogP contribution in [0, 0.1) is 0 Å². The molecule has 0 amide bonds. The Morgan fingerprint density at radius 1 is 0.757 bits per heavy atom. The van der Waals surface area contributed by atoms with Crippen molar-refractivity contribution in [3.63, 3.8) is 0 Å². The van der Waals surface area contributed by atoms with Gasteiger partial charge < -0.3 is 15.5 Å². The number of hydrogen-bond donors (Lipinski definition) is 3. The highest BCUT2D eigenvalue weighted by Crippen LogP contribution is 2.39. The Morgan fingerprint density at radius 2 is 1.54 bits per heavy atom. The van der Waals surface area contributed by atoms with E-state index in [0.717, 1.165) is 34.0 Å². The van der Waals surface area contributed by atoms with Crippen molar-refractivity contribution in [3.05, 3.63) is 119 Å². The van der Waals surface area contributed by atoms with Gasteiger partial charge in [-0.2, -0.15) is 13.2 Å². The summed E-state index contributed by atoms with van der Waals surface area (Å²) < 4.78 is 41.4. The third-order valence-corrected chi connectivity index (χ3v) is 6.21. The normalized spacial score (nSPS) is 11.5. The number of phenolic OH excluding ortho intramolecular Hbond substituents is 2. The fourth-order valence-corrected chi connectivity index (χ4v) is 4.45. The molecule has 7 heteroatoms. The van der Waals surface area contributed by atoms with E-state index in [1.54, 1.807) is 18.3 Å². The summed E-state index contributed by atoms with van der Waals surface area (Å²) in [4.78, 5) is 4.26. The minimum absolute atomic E-state index is 0.0836. The minimum Gasteiger partial charge on any atom is -0.504 e. The average molecular weight is 501 g/mol. The summed E-state index contributed by atoms with van der Waals surface area (Å²) in [6.07, 6.45) is -2.47. The van der Waals surface area contributed by atoms with Crippen LogP contribution < -0.4 is 5.32 Å². The standard InChI is InChI=1S/C30H23F3N2O2/c31-30(32,33)25-11-5-10-24-28(22(18-35-29(24)25)14-19-6-2-1-3-7-19)21-8-4-9-23(16-21)34-17-20-12-13-26(36)27(37)15-20/h1-13,15-16,18,34,36-37H,14,17H2. The molecule has 0 aliphatic heterocycles. The van der Waals surface area contributed by atoms with Gasteiger partial charge in [0.2, 0.25) is 0 Å². The topological polar surface area (TPSA) is 65.4 Å². The summed E-state index contributed by atoms with van der Waals surface area (Å²) in [6.45, 7) is 0.378. The van der Waals surface area contributed by atoms with Crippen LogP contribution in [0.2, 0.25) is 0 Å². The molecule has 1 aromatic heterocycles. The van der Waals surface area contributed by atoms with E-state index in [-0.39, 0.29) is 17.0 Å². The number of aromatic hydroxyl groups is 2. The number of alkyl halides is 3. The van der Waals surface area contributed by atoms with Crippen molar-refractivity contribution >= 4 is 16.6 Å². The van der Waals surface area contributed by atoms with Crippen LogP contribution in [0.1, 0.15) is 22.3 Å². The van der Waals surface area contributed by atoms with Crippen molar-refractivity contribution in [3.8, 4) is 22.6 Å². The lowest BCUT2D eigenvalue weighted by Crippen LogP contribution is -2.07. The van der Waals surface area contributed by atoms with E-state index < -0.39 is 11.7 Å². The van der Waals surface area contributed by atoms with Crippen molar-refractivity contribution in [1.29, 1.82) is 0 Å². The van der Waals surface area contributed by atoms with Crippen molar-refractivity contribution in [2.24, 2.45) is 0 Å². The maximum atomic E-state index is 13.8. The van der Waals surface area contributed by atoms with Crippen molar-refractivity contribution in [2.75, 3.05) is 5.32 Å². The van der Waals surface area contributed by atoms with Gasteiger partial charge in [-0.25, -0.2) is 0 Å². The lowest BCUT2D eigenvalue weighted by molar-refractivity contribution is -0.136. The number of anilines is 1. The molecule has 4 aromatic carbocycles. The first kappa shape index (κ1) is 24.2. The molecule has 5 aromatic rings. The molecular formula is C30H23F3N2O2. The predicted octanol–water partition coefficient (Wildman–Crippen LogP) is 7.53. The number of fused-ring (bicyclic) bond motifs is 1. The van der Waals surface area contributed by atoms with Gasteiger partial charge in [-0.05, 0) is 64.6 Å². The van der Waals surface area contributed by atoms with Gasteiger partial charge in [0.1, 0.15) is 0 Å². The van der Waals surface area contributed by atoms with Gasteiger partial charge in [0.15, 0.2) is 11.5 Å². The molecular weight excluding hydrogens is 477 g/mol. The quantitative estimate of drug-likeness (QED) is 0.211. The summed E-state index contributed by atoms with van der Waals surface area (Å²) in [5.41, 5.74) is 3.97. The van der Waals surface area contributed by atoms with Gasteiger partial charge in [-0.1, -0.05) is 60.7 Å². The number of hydrogen-bond acceptors (Lipinski definition) is 4. The minimum atomic E-state index is -4.52. The number of pyridine rings is 1. The highest BCUT2D eigenvalue weighted by atomic mass is 19.4. The molecule has 0 aliphatic carbocycles. The van der Waals surface area contributed by atoms with Crippen LogP contribution >= 0.6 is 0 Å². The second-order valence-electron chi connectivity index (χ2n) is 8.78. The second-order valence-corrected chi connectivity index (χ2v) is 8.78. The third kappa shape index (κ3) is 5.21. The molecule has 0 radical (unpaired) electrons. The summed E-state index contributed by atoms with van der Waals surface area (Å²) in [5.74, 6) is -0.401. The summed E-state index contributed by atoms with van der Waals surface area (Å²) in [7, 11) is 0. The number of phenols is 2. The Hall–Kier alpha value is -4.52. The zero-order valence-corrected chi connectivity index (χ0v) is 19.6. The number of halogens is 3. The predicted molar refractivity (Wildman–Crippen MR) is 139 cm³/mol. The Bertz CT molecular complexity index is 1570. The average Bonchev–Trinajstić information content (AvgIpc) is 2.89. The smallest absolute Gasteiger partial charge is 0.418 e. The number of benzene rings is 4. The van der Waals surface area contributed by atoms with Crippen LogP contribution in [0.4, 0.5) is 18.9 Å². The number of aromatic nitrogens is 1. The summed E-state index contributed by atoms with van der Waals surface area (Å²) >= 11 is 0. The Morgan fingerprint density at radius 3 is 2.30 bits per heavy atom. The zero-order valence-electron chi connectivity index (χ0n) is 19.6. The Balaban J connectivity index is 1.59. The van der Waals surface area contributed by atoms with Gasteiger partial charge in [0.25, 0.3) is 0 Å². The van der Waals surface area contributed by atoms with Crippen molar-refractivity contribution in [2.45, 2.75) is 19.1 Å². The molecule has 4 nitrogen and oxygen atoms in total. The van der Waals surface area contributed by atoms with Crippen LogP contribution in [0.3, 0.4) is 0 Å². The summed E-state index contributed by atoms with van der Waals surface area (Å²) in [6, 6.07) is 25.9. The molecule has 5 rings (SSSR count). The van der Waals surface area contributed by atoms with Crippen LogP contribution in [0.5, 0.6) is 11.5 Å². The molecule has 0 atom stereocenters.